The highest BCUT2D eigenvalue weighted by Crippen LogP contribution is 2.26. The molecule has 2 amide bonds. The molecule has 2 aromatic carbocycles. The van der Waals surface area contributed by atoms with Gasteiger partial charge in [0.2, 0.25) is 5.91 Å². The van der Waals surface area contributed by atoms with E-state index in [4.69, 9.17) is 4.74 Å². The molecule has 1 aromatic heterocycles. The third kappa shape index (κ3) is 7.11. The average molecular weight is 437 g/mol. The van der Waals surface area contributed by atoms with Gasteiger partial charge in [0.25, 0.3) is 0 Å². The smallest absolute Gasteiger partial charge is 0.408 e. The zero-order valence-corrected chi connectivity index (χ0v) is 18.4. The zero-order chi connectivity index (χ0) is 22.2. The minimum Gasteiger partial charge on any atom is -0.445 e. The quantitative estimate of drug-likeness (QED) is 0.530. The minimum atomic E-state index is -0.749. The molecule has 160 valence electrons. The van der Waals surface area contributed by atoms with Crippen molar-refractivity contribution in [3.05, 3.63) is 77.6 Å². The summed E-state index contributed by atoms with van der Waals surface area (Å²) in [7, 11) is 0. The lowest BCUT2D eigenvalue weighted by Gasteiger charge is -2.14. The molecule has 0 fully saturated rings. The van der Waals surface area contributed by atoms with Crippen molar-refractivity contribution in [2.24, 2.45) is 0 Å². The second kappa shape index (κ2) is 10.6. The number of alkyl carbamates (subject to hydrolysis) is 1. The van der Waals surface area contributed by atoms with Crippen LogP contribution in [-0.4, -0.2) is 28.0 Å². The summed E-state index contributed by atoms with van der Waals surface area (Å²) in [5.41, 5.74) is 3.34. The van der Waals surface area contributed by atoms with Crippen LogP contribution in [0.5, 0.6) is 0 Å². The predicted molar refractivity (Wildman–Crippen MR) is 120 cm³/mol. The van der Waals surface area contributed by atoms with Gasteiger partial charge in [0, 0.05) is 22.0 Å². The number of ether oxygens (including phenoxy) is 1. The lowest BCUT2D eigenvalue weighted by Crippen LogP contribution is -2.41. The van der Waals surface area contributed by atoms with Crippen LogP contribution < -0.4 is 10.6 Å². The van der Waals surface area contributed by atoms with Crippen molar-refractivity contribution in [1.82, 2.24) is 15.3 Å². The number of anilines is 1. The number of aryl methyl sites for hydroxylation is 2. The van der Waals surface area contributed by atoms with Crippen molar-refractivity contribution in [2.45, 2.75) is 43.5 Å². The molecule has 0 saturated carbocycles. The molecule has 8 heteroatoms. The number of aromatic nitrogens is 2. The number of carbonyl (C=O) groups is 2. The van der Waals surface area contributed by atoms with Crippen molar-refractivity contribution in [2.75, 3.05) is 5.32 Å². The van der Waals surface area contributed by atoms with Gasteiger partial charge in [-0.15, -0.1) is 0 Å². The monoisotopic (exact) mass is 436 g/mol. The molecule has 3 aromatic rings. The van der Waals surface area contributed by atoms with E-state index in [1.54, 1.807) is 19.1 Å². The van der Waals surface area contributed by atoms with E-state index in [-0.39, 0.29) is 12.5 Å². The molecule has 0 saturated heterocycles. The Morgan fingerprint density at radius 3 is 2.29 bits per heavy atom. The van der Waals surface area contributed by atoms with E-state index >= 15 is 0 Å². The maximum Gasteiger partial charge on any atom is 0.408 e. The Morgan fingerprint density at radius 2 is 1.65 bits per heavy atom. The summed E-state index contributed by atoms with van der Waals surface area (Å²) in [5.74, 6) is -0.338. The van der Waals surface area contributed by atoms with Gasteiger partial charge in [-0.2, -0.15) is 0 Å². The van der Waals surface area contributed by atoms with Crippen molar-refractivity contribution >= 4 is 29.4 Å². The Kier molecular flexibility index (Phi) is 7.61. The largest absolute Gasteiger partial charge is 0.445 e. The highest BCUT2D eigenvalue weighted by molar-refractivity contribution is 7.99. The standard InChI is InChI=1S/C23H24N4O3S/c1-15-13-16(2)25-22(24-15)31-20-11-9-19(10-12-20)27-21(28)17(3)26-23(29)30-14-18-7-5-4-6-8-18/h4-13,17H,14H2,1-3H3,(H,26,29)(H,27,28)/t17-/m0/s1. The van der Waals surface area contributed by atoms with Gasteiger partial charge < -0.3 is 15.4 Å². The van der Waals surface area contributed by atoms with Crippen LogP contribution in [-0.2, 0) is 16.1 Å². The Morgan fingerprint density at radius 1 is 1.00 bits per heavy atom. The molecular formula is C23H24N4O3S. The van der Waals surface area contributed by atoms with Crippen LogP contribution in [0.1, 0.15) is 23.9 Å². The third-order valence-corrected chi connectivity index (χ3v) is 5.11. The zero-order valence-electron chi connectivity index (χ0n) is 17.6. The first-order valence-electron chi connectivity index (χ1n) is 9.77. The lowest BCUT2D eigenvalue weighted by molar-refractivity contribution is -0.117. The van der Waals surface area contributed by atoms with Crippen LogP contribution in [0.15, 0.2) is 70.7 Å². The van der Waals surface area contributed by atoms with E-state index in [0.717, 1.165) is 21.8 Å². The number of amides is 2. The summed E-state index contributed by atoms with van der Waals surface area (Å²) in [6.07, 6.45) is -0.647. The summed E-state index contributed by atoms with van der Waals surface area (Å²) in [6, 6.07) is 17.9. The van der Waals surface area contributed by atoms with Crippen LogP contribution in [0, 0.1) is 13.8 Å². The van der Waals surface area contributed by atoms with Gasteiger partial charge in [0.1, 0.15) is 12.6 Å². The predicted octanol–water partition coefficient (Wildman–Crippen LogP) is 4.50. The number of hydrogen-bond donors (Lipinski definition) is 2. The van der Waals surface area contributed by atoms with Crippen LogP contribution >= 0.6 is 11.8 Å². The van der Waals surface area contributed by atoms with E-state index < -0.39 is 12.1 Å². The molecule has 7 nitrogen and oxygen atoms in total. The molecule has 0 aliphatic heterocycles. The fourth-order valence-electron chi connectivity index (χ4n) is 2.71. The Hall–Kier alpha value is -3.39. The number of hydrogen-bond acceptors (Lipinski definition) is 6. The second-order valence-corrected chi connectivity index (χ2v) is 8.02. The first-order valence-corrected chi connectivity index (χ1v) is 10.6. The number of nitrogens with one attached hydrogen (secondary N) is 2. The highest BCUT2D eigenvalue weighted by atomic mass is 32.2. The molecule has 0 unspecified atom stereocenters. The third-order valence-electron chi connectivity index (χ3n) is 4.23. The first kappa shape index (κ1) is 22.3. The van der Waals surface area contributed by atoms with Crippen LogP contribution in [0.4, 0.5) is 10.5 Å². The number of benzene rings is 2. The molecule has 0 aliphatic rings. The molecule has 0 radical (unpaired) electrons. The summed E-state index contributed by atoms with van der Waals surface area (Å²) in [4.78, 5) is 34.1. The Labute approximate surface area is 185 Å². The molecule has 0 bridgehead atoms. The van der Waals surface area contributed by atoms with Gasteiger partial charge in [-0.3, -0.25) is 4.79 Å². The normalized spacial score (nSPS) is 11.5. The van der Waals surface area contributed by atoms with Crippen molar-refractivity contribution < 1.29 is 14.3 Å². The molecule has 0 aliphatic carbocycles. The van der Waals surface area contributed by atoms with E-state index in [1.807, 2.05) is 62.4 Å². The fraction of sp³-hybridized carbons (Fsp3) is 0.217. The molecule has 0 spiro atoms. The topological polar surface area (TPSA) is 93.2 Å². The van der Waals surface area contributed by atoms with Crippen molar-refractivity contribution in [3.8, 4) is 0 Å². The maximum absolute atomic E-state index is 12.4. The summed E-state index contributed by atoms with van der Waals surface area (Å²) >= 11 is 1.45. The fourth-order valence-corrected chi connectivity index (χ4v) is 3.57. The molecule has 1 atom stereocenters. The molecule has 3 rings (SSSR count). The first-order chi connectivity index (χ1) is 14.9. The SMILES string of the molecule is Cc1cc(C)nc(Sc2ccc(NC(=O)[C@H](C)NC(=O)OCc3ccccc3)cc2)n1. The van der Waals surface area contributed by atoms with E-state index in [9.17, 15) is 9.59 Å². The second-order valence-electron chi connectivity index (χ2n) is 6.98. The minimum absolute atomic E-state index is 0.143. The van der Waals surface area contributed by atoms with E-state index in [2.05, 4.69) is 20.6 Å². The Balaban J connectivity index is 1.48. The van der Waals surface area contributed by atoms with Gasteiger partial charge in [-0.05, 0) is 68.4 Å². The maximum atomic E-state index is 12.4. The summed E-state index contributed by atoms with van der Waals surface area (Å²) in [5, 5.41) is 5.99. The van der Waals surface area contributed by atoms with Crippen molar-refractivity contribution in [1.29, 1.82) is 0 Å². The molecule has 1 heterocycles. The van der Waals surface area contributed by atoms with E-state index in [1.165, 1.54) is 11.8 Å². The Bertz CT molecular complexity index is 1020. The van der Waals surface area contributed by atoms with E-state index in [0.29, 0.717) is 10.8 Å². The average Bonchev–Trinajstić information content (AvgIpc) is 2.73. The van der Waals surface area contributed by atoms with Crippen molar-refractivity contribution in [3.63, 3.8) is 0 Å². The van der Waals surface area contributed by atoms with Crippen LogP contribution in [0.25, 0.3) is 0 Å². The molecule has 31 heavy (non-hydrogen) atoms. The van der Waals surface area contributed by atoms with Crippen LogP contribution in [0.3, 0.4) is 0 Å². The van der Waals surface area contributed by atoms with Crippen LogP contribution in [0.2, 0.25) is 0 Å². The number of rotatable bonds is 7. The van der Waals surface area contributed by atoms with Gasteiger partial charge in [0.15, 0.2) is 5.16 Å². The summed E-state index contributed by atoms with van der Waals surface area (Å²) in [6.45, 7) is 5.61. The number of nitrogens with zero attached hydrogens (tertiary/aromatic N) is 2. The van der Waals surface area contributed by atoms with Gasteiger partial charge in [-0.1, -0.05) is 30.3 Å². The van der Waals surface area contributed by atoms with Gasteiger partial charge >= 0.3 is 6.09 Å². The van der Waals surface area contributed by atoms with Gasteiger partial charge in [0.05, 0.1) is 0 Å². The lowest BCUT2D eigenvalue weighted by atomic mass is 10.2. The molecular weight excluding hydrogens is 412 g/mol. The number of carbonyl (C=O) groups excluding carboxylic acids is 2. The summed E-state index contributed by atoms with van der Waals surface area (Å²) < 4.78 is 5.14. The highest BCUT2D eigenvalue weighted by Gasteiger charge is 2.16. The molecule has 2 N–H and O–H groups in total. The van der Waals surface area contributed by atoms with Gasteiger partial charge in [-0.25, -0.2) is 14.8 Å².